The second-order valence-electron chi connectivity index (χ2n) is 5.35. The predicted molar refractivity (Wildman–Crippen MR) is 98.3 cm³/mol. The summed E-state index contributed by atoms with van der Waals surface area (Å²) in [5.74, 6) is 0.237. The van der Waals surface area contributed by atoms with Crippen LogP contribution in [0, 0.1) is 18.3 Å². The molecule has 0 unspecified atom stereocenters. The molecule has 0 aliphatic carbocycles. The van der Waals surface area contributed by atoms with Gasteiger partial charge in [0.15, 0.2) is 0 Å². The Morgan fingerprint density at radius 2 is 1.83 bits per heavy atom. The van der Waals surface area contributed by atoms with Gasteiger partial charge in [0.1, 0.15) is 23.2 Å². The summed E-state index contributed by atoms with van der Waals surface area (Å²) in [5, 5.41) is 20.0. The van der Waals surface area contributed by atoms with E-state index in [0.29, 0.717) is 16.8 Å². The minimum atomic E-state index is 0.0804. The zero-order valence-electron chi connectivity index (χ0n) is 12.9. The van der Waals surface area contributed by atoms with Gasteiger partial charge >= 0.3 is 0 Å². The highest BCUT2D eigenvalue weighted by atomic mass is 79.9. The van der Waals surface area contributed by atoms with Crippen LogP contribution in [0.1, 0.15) is 11.3 Å². The highest BCUT2D eigenvalue weighted by molar-refractivity contribution is 9.10. The van der Waals surface area contributed by atoms with Crippen LogP contribution in [0.25, 0.3) is 22.3 Å². The summed E-state index contributed by atoms with van der Waals surface area (Å²) in [4.78, 5) is 4.32. The number of aryl methyl sites for hydroxylation is 1. The second-order valence-corrected chi connectivity index (χ2v) is 6.26. The smallest absolute Gasteiger partial charge is 0.142 e. The van der Waals surface area contributed by atoms with E-state index < -0.39 is 0 Å². The molecule has 1 heterocycles. The average molecular weight is 380 g/mol. The summed E-state index contributed by atoms with van der Waals surface area (Å²) in [6, 6.07) is 16.9. The molecule has 1 aromatic heterocycles. The molecule has 118 valence electrons. The number of benzene rings is 2. The Labute approximate surface area is 148 Å². The fourth-order valence-electron chi connectivity index (χ4n) is 2.78. The van der Waals surface area contributed by atoms with Gasteiger partial charge in [-0.15, -0.1) is 0 Å². The highest BCUT2D eigenvalue weighted by Gasteiger charge is 2.21. The van der Waals surface area contributed by atoms with Gasteiger partial charge in [-0.1, -0.05) is 46.3 Å². The zero-order chi connectivity index (χ0) is 17.3. The highest BCUT2D eigenvalue weighted by Crippen LogP contribution is 2.42. The van der Waals surface area contributed by atoms with Crippen LogP contribution in [0.2, 0.25) is 0 Å². The van der Waals surface area contributed by atoms with Crippen molar-refractivity contribution in [2.75, 3.05) is 5.73 Å². The Kier molecular flexibility index (Phi) is 4.24. The number of anilines is 1. The van der Waals surface area contributed by atoms with Crippen molar-refractivity contribution in [2.24, 2.45) is 0 Å². The summed E-state index contributed by atoms with van der Waals surface area (Å²) >= 11 is 3.42. The Bertz CT molecular complexity index is 963. The zero-order valence-corrected chi connectivity index (χ0v) is 14.5. The Morgan fingerprint density at radius 1 is 1.12 bits per heavy atom. The fraction of sp³-hybridized carbons (Fsp3) is 0.0526. The molecule has 0 atom stereocenters. The number of pyridine rings is 1. The lowest BCUT2D eigenvalue weighted by atomic mass is 9.90. The van der Waals surface area contributed by atoms with Crippen molar-refractivity contribution in [1.29, 1.82) is 5.26 Å². The van der Waals surface area contributed by atoms with Gasteiger partial charge in [-0.25, -0.2) is 4.98 Å². The number of halogens is 1. The van der Waals surface area contributed by atoms with E-state index >= 15 is 0 Å². The molecule has 24 heavy (non-hydrogen) atoms. The molecule has 0 saturated carbocycles. The maximum atomic E-state index is 10.4. The first-order valence-corrected chi connectivity index (χ1v) is 8.06. The van der Waals surface area contributed by atoms with Crippen molar-refractivity contribution in [3.8, 4) is 34.1 Å². The topological polar surface area (TPSA) is 82.9 Å². The number of rotatable bonds is 2. The standard InChI is InChI=1S/C19H14BrN3O/c1-11-17(12-5-3-2-4-6-12)18(15(10-21)19(22)23-11)14-9-13(20)7-8-16(14)24/h2-9,24H,1H3,(H2,22,23). The van der Waals surface area contributed by atoms with Gasteiger partial charge in [-0.3, -0.25) is 0 Å². The first-order chi connectivity index (χ1) is 11.5. The van der Waals surface area contributed by atoms with Crippen LogP contribution in [0.15, 0.2) is 53.0 Å². The molecule has 4 nitrogen and oxygen atoms in total. The summed E-state index contributed by atoms with van der Waals surface area (Å²) in [5.41, 5.74) is 9.76. The number of phenols is 1. The lowest BCUT2D eigenvalue weighted by Crippen LogP contribution is -2.03. The molecule has 0 saturated heterocycles. The van der Waals surface area contributed by atoms with Gasteiger partial charge in [0.25, 0.3) is 0 Å². The van der Waals surface area contributed by atoms with Crippen molar-refractivity contribution in [1.82, 2.24) is 4.98 Å². The molecule has 0 aliphatic rings. The van der Waals surface area contributed by atoms with Gasteiger partial charge < -0.3 is 10.8 Å². The van der Waals surface area contributed by atoms with E-state index in [0.717, 1.165) is 15.6 Å². The van der Waals surface area contributed by atoms with E-state index in [9.17, 15) is 10.4 Å². The van der Waals surface area contributed by atoms with Gasteiger partial charge in [-0.05, 0) is 30.7 Å². The van der Waals surface area contributed by atoms with Crippen LogP contribution in [0.4, 0.5) is 5.82 Å². The van der Waals surface area contributed by atoms with Crippen LogP contribution >= 0.6 is 15.9 Å². The van der Waals surface area contributed by atoms with Crippen LogP contribution in [0.5, 0.6) is 5.75 Å². The largest absolute Gasteiger partial charge is 0.507 e. The average Bonchev–Trinajstić information content (AvgIpc) is 2.57. The third-order valence-corrected chi connectivity index (χ3v) is 4.30. The normalized spacial score (nSPS) is 10.4. The molecule has 0 bridgehead atoms. The molecular formula is C19H14BrN3O. The van der Waals surface area contributed by atoms with E-state index in [1.807, 2.05) is 37.3 Å². The monoisotopic (exact) mass is 379 g/mol. The SMILES string of the molecule is Cc1nc(N)c(C#N)c(-c2cc(Br)ccc2O)c1-c1ccccc1. The molecule has 3 rings (SSSR count). The first-order valence-electron chi connectivity index (χ1n) is 7.27. The number of phenolic OH excluding ortho intramolecular Hbond substituents is 1. The van der Waals surface area contributed by atoms with E-state index in [-0.39, 0.29) is 17.1 Å². The Hall–Kier alpha value is -2.84. The quantitative estimate of drug-likeness (QED) is 0.678. The van der Waals surface area contributed by atoms with Crippen LogP contribution in [-0.4, -0.2) is 10.1 Å². The van der Waals surface area contributed by atoms with Gasteiger partial charge in [-0.2, -0.15) is 5.26 Å². The fourth-order valence-corrected chi connectivity index (χ4v) is 3.14. The minimum Gasteiger partial charge on any atom is -0.507 e. The second kappa shape index (κ2) is 6.34. The molecule has 0 aliphatic heterocycles. The number of aromatic nitrogens is 1. The van der Waals surface area contributed by atoms with Crippen molar-refractivity contribution in [3.05, 3.63) is 64.3 Å². The summed E-state index contributed by atoms with van der Waals surface area (Å²) in [6.07, 6.45) is 0. The molecule has 2 aromatic carbocycles. The van der Waals surface area contributed by atoms with Crippen LogP contribution < -0.4 is 5.73 Å². The molecule has 0 fully saturated rings. The maximum Gasteiger partial charge on any atom is 0.142 e. The molecule has 0 spiro atoms. The number of aromatic hydroxyl groups is 1. The number of nitrogens with zero attached hydrogens (tertiary/aromatic N) is 2. The molecular weight excluding hydrogens is 366 g/mol. The lowest BCUT2D eigenvalue weighted by Gasteiger charge is -2.17. The third-order valence-electron chi connectivity index (χ3n) is 3.81. The summed E-state index contributed by atoms with van der Waals surface area (Å²) in [6.45, 7) is 1.85. The van der Waals surface area contributed by atoms with Crippen molar-refractivity contribution >= 4 is 21.7 Å². The molecule has 0 amide bonds. The summed E-state index contributed by atoms with van der Waals surface area (Å²) in [7, 11) is 0. The molecule has 3 N–H and O–H groups in total. The maximum absolute atomic E-state index is 10.4. The van der Waals surface area contributed by atoms with Crippen LogP contribution in [-0.2, 0) is 0 Å². The van der Waals surface area contributed by atoms with E-state index in [4.69, 9.17) is 5.73 Å². The third kappa shape index (κ3) is 2.72. The number of hydrogen-bond donors (Lipinski definition) is 2. The minimum absolute atomic E-state index is 0.0804. The molecule has 3 aromatic rings. The van der Waals surface area contributed by atoms with Gasteiger partial charge in [0, 0.05) is 26.9 Å². The number of nitrogens with two attached hydrogens (primary N) is 1. The van der Waals surface area contributed by atoms with Crippen molar-refractivity contribution in [2.45, 2.75) is 6.92 Å². The van der Waals surface area contributed by atoms with Crippen molar-refractivity contribution in [3.63, 3.8) is 0 Å². The van der Waals surface area contributed by atoms with Crippen LogP contribution in [0.3, 0.4) is 0 Å². The number of nitrogen functional groups attached to an aromatic ring is 1. The molecule has 5 heteroatoms. The van der Waals surface area contributed by atoms with Gasteiger partial charge in [0.05, 0.1) is 0 Å². The first kappa shape index (κ1) is 16.0. The van der Waals surface area contributed by atoms with E-state index in [2.05, 4.69) is 27.0 Å². The lowest BCUT2D eigenvalue weighted by molar-refractivity contribution is 0.477. The number of nitriles is 1. The van der Waals surface area contributed by atoms with Crippen molar-refractivity contribution < 1.29 is 5.11 Å². The number of hydrogen-bond acceptors (Lipinski definition) is 4. The Morgan fingerprint density at radius 3 is 2.50 bits per heavy atom. The van der Waals surface area contributed by atoms with E-state index in [1.165, 1.54) is 0 Å². The molecule has 0 radical (unpaired) electrons. The van der Waals surface area contributed by atoms with Gasteiger partial charge in [0.2, 0.25) is 0 Å². The predicted octanol–water partition coefficient (Wildman–Crippen LogP) is 4.65. The Balaban J connectivity index is 2.47. The van der Waals surface area contributed by atoms with E-state index in [1.54, 1.807) is 18.2 Å². The summed E-state index contributed by atoms with van der Waals surface area (Å²) < 4.78 is 0.797.